The number of phenolic OH excluding ortho intramolecular Hbond substituents is 3. The summed E-state index contributed by atoms with van der Waals surface area (Å²) < 4.78 is 33.0. The molecular weight excluding hydrogens is 608 g/mol. The van der Waals surface area contributed by atoms with Gasteiger partial charge in [-0.1, -0.05) is 0 Å². The van der Waals surface area contributed by atoms with Gasteiger partial charge in [-0.2, -0.15) is 0 Å². The van der Waals surface area contributed by atoms with E-state index < -0.39 is 107 Å². The van der Waals surface area contributed by atoms with Crippen molar-refractivity contribution in [3.05, 3.63) is 40.6 Å². The number of aliphatic hydroxyl groups is 6. The lowest BCUT2D eigenvalue weighted by Crippen LogP contribution is -2.61. The summed E-state index contributed by atoms with van der Waals surface area (Å²) in [4.78, 5) is 25.7. The van der Waals surface area contributed by atoms with E-state index in [1.807, 2.05) is 0 Å². The first kappa shape index (κ1) is 32.2. The van der Waals surface area contributed by atoms with E-state index in [1.54, 1.807) is 0 Å². The summed E-state index contributed by atoms with van der Waals surface area (Å²) in [5, 5.41) is 90.8. The van der Waals surface area contributed by atoms with Gasteiger partial charge in [-0.3, -0.25) is 9.59 Å². The lowest BCUT2D eigenvalue weighted by molar-refractivity contribution is -0.282. The van der Waals surface area contributed by atoms with E-state index in [1.165, 1.54) is 6.07 Å². The molecule has 0 amide bonds. The second-order valence-corrected chi connectivity index (χ2v) is 10.4. The first-order valence-corrected chi connectivity index (χ1v) is 13.5. The Morgan fingerprint density at radius 1 is 0.889 bits per heavy atom. The highest BCUT2D eigenvalue weighted by Crippen LogP contribution is 2.40. The molecule has 0 spiro atoms. The van der Waals surface area contributed by atoms with Crippen molar-refractivity contribution in [3.8, 4) is 40.1 Å². The molecule has 0 radical (unpaired) electrons. The molecule has 9 N–H and O–H groups in total. The Labute approximate surface area is 252 Å². The SMILES string of the molecule is CC(=O)O[C@H]1[C@H](Oc2c(-c3ccc(O)c(O)c3)oc3cc(O[C@@H]4OC[C@H](O)[C@H](O)[C@H]4O)cc(O)c3c2=O)O[C@H](CO)[C@H](O)[C@@H]1O. The van der Waals surface area contributed by atoms with Crippen LogP contribution in [0.4, 0.5) is 0 Å². The molecular formula is C28H30O17. The lowest BCUT2D eigenvalue weighted by atomic mass is 9.99. The maximum Gasteiger partial charge on any atom is 0.303 e. The summed E-state index contributed by atoms with van der Waals surface area (Å²) >= 11 is 0. The Kier molecular flexibility index (Phi) is 9.06. The number of carbonyl (C=O) groups is 1. The molecule has 0 aliphatic carbocycles. The number of hydrogen-bond acceptors (Lipinski definition) is 17. The van der Waals surface area contributed by atoms with Crippen LogP contribution in [0, 0.1) is 0 Å². The Bertz CT molecular complexity index is 1620. The van der Waals surface area contributed by atoms with Crippen LogP contribution in [-0.4, -0.2) is 120 Å². The van der Waals surface area contributed by atoms with Crippen LogP contribution < -0.4 is 14.9 Å². The molecule has 0 bridgehead atoms. The largest absolute Gasteiger partial charge is 0.507 e. The summed E-state index contributed by atoms with van der Waals surface area (Å²) in [5.41, 5.74) is -1.45. The molecule has 17 nitrogen and oxygen atoms in total. The molecule has 3 aromatic rings. The van der Waals surface area contributed by atoms with Crippen LogP contribution in [0.15, 0.2) is 39.5 Å². The van der Waals surface area contributed by atoms with Crippen LogP contribution in [0.3, 0.4) is 0 Å². The van der Waals surface area contributed by atoms with E-state index in [9.17, 15) is 55.5 Å². The Hall–Kier alpha value is -4.20. The summed E-state index contributed by atoms with van der Waals surface area (Å²) in [7, 11) is 0. The third-order valence-corrected chi connectivity index (χ3v) is 7.21. The summed E-state index contributed by atoms with van der Waals surface area (Å²) in [6.45, 7) is -0.191. The van der Waals surface area contributed by atoms with Crippen molar-refractivity contribution < 1.29 is 78.9 Å². The smallest absolute Gasteiger partial charge is 0.303 e. The molecule has 9 atom stereocenters. The van der Waals surface area contributed by atoms with E-state index in [0.29, 0.717) is 0 Å². The van der Waals surface area contributed by atoms with E-state index in [0.717, 1.165) is 31.2 Å². The van der Waals surface area contributed by atoms with Gasteiger partial charge < -0.3 is 74.1 Å². The molecule has 0 unspecified atom stereocenters. The van der Waals surface area contributed by atoms with Gasteiger partial charge in [0.15, 0.2) is 23.4 Å². The number of carbonyl (C=O) groups excluding carboxylic acids is 1. The highest BCUT2D eigenvalue weighted by atomic mass is 16.7. The molecule has 2 saturated heterocycles. The van der Waals surface area contributed by atoms with Crippen LogP contribution in [0.5, 0.6) is 28.7 Å². The zero-order valence-electron chi connectivity index (χ0n) is 23.3. The minimum absolute atomic E-state index is 0.0626. The number of fused-ring (bicyclic) bond motifs is 1. The molecule has 2 aliphatic heterocycles. The average molecular weight is 639 g/mol. The number of ether oxygens (including phenoxy) is 5. The number of rotatable bonds is 7. The van der Waals surface area contributed by atoms with Gasteiger partial charge >= 0.3 is 5.97 Å². The van der Waals surface area contributed by atoms with Crippen LogP contribution in [0.2, 0.25) is 0 Å². The zero-order chi connectivity index (χ0) is 32.7. The normalized spacial score (nSPS) is 30.2. The lowest BCUT2D eigenvalue weighted by Gasteiger charge is -2.41. The molecule has 0 saturated carbocycles. The molecule has 5 rings (SSSR count). The van der Waals surface area contributed by atoms with E-state index in [-0.39, 0.29) is 23.5 Å². The number of esters is 1. The molecule has 244 valence electrons. The Balaban J connectivity index is 1.63. The van der Waals surface area contributed by atoms with Crippen LogP contribution in [0.25, 0.3) is 22.3 Å². The predicted molar refractivity (Wildman–Crippen MR) is 145 cm³/mol. The first-order chi connectivity index (χ1) is 21.3. The van der Waals surface area contributed by atoms with Crippen molar-refractivity contribution in [3.63, 3.8) is 0 Å². The van der Waals surface area contributed by atoms with Gasteiger partial charge in [0.1, 0.15) is 59.1 Å². The molecule has 2 aliphatic rings. The van der Waals surface area contributed by atoms with Crippen LogP contribution in [-0.2, 0) is 19.0 Å². The fourth-order valence-corrected chi connectivity index (χ4v) is 4.89. The van der Waals surface area contributed by atoms with Crippen molar-refractivity contribution in [1.82, 2.24) is 0 Å². The topological polar surface area (TPSA) is 275 Å². The maximum atomic E-state index is 13.9. The molecule has 45 heavy (non-hydrogen) atoms. The van der Waals surface area contributed by atoms with Crippen molar-refractivity contribution in [2.75, 3.05) is 13.2 Å². The average Bonchev–Trinajstić information content (AvgIpc) is 2.99. The van der Waals surface area contributed by atoms with Crippen LogP contribution >= 0.6 is 0 Å². The van der Waals surface area contributed by atoms with Crippen LogP contribution in [0.1, 0.15) is 6.92 Å². The molecule has 17 heteroatoms. The summed E-state index contributed by atoms with van der Waals surface area (Å²) in [6.07, 6.45) is -14.7. The molecule has 2 aromatic carbocycles. The van der Waals surface area contributed by atoms with E-state index in [2.05, 4.69) is 0 Å². The van der Waals surface area contributed by atoms with Gasteiger partial charge in [0.2, 0.25) is 23.8 Å². The van der Waals surface area contributed by atoms with Gasteiger partial charge in [-0.05, 0) is 18.2 Å². The second kappa shape index (κ2) is 12.7. The third-order valence-electron chi connectivity index (χ3n) is 7.21. The third kappa shape index (κ3) is 6.20. The van der Waals surface area contributed by atoms with Gasteiger partial charge in [0.05, 0.1) is 13.2 Å². The van der Waals surface area contributed by atoms with Crippen molar-refractivity contribution >= 4 is 16.9 Å². The highest BCUT2D eigenvalue weighted by Gasteiger charge is 2.48. The highest BCUT2D eigenvalue weighted by molar-refractivity contribution is 5.88. The number of phenols is 3. The molecule has 1 aromatic heterocycles. The fourth-order valence-electron chi connectivity index (χ4n) is 4.89. The first-order valence-electron chi connectivity index (χ1n) is 13.5. The fraction of sp³-hybridized carbons (Fsp3) is 0.429. The minimum atomic E-state index is -1.84. The van der Waals surface area contributed by atoms with Crippen molar-refractivity contribution in [2.24, 2.45) is 0 Å². The Morgan fingerprint density at radius 3 is 2.29 bits per heavy atom. The molecule has 2 fully saturated rings. The van der Waals surface area contributed by atoms with Gasteiger partial charge in [-0.15, -0.1) is 0 Å². The van der Waals surface area contributed by atoms with E-state index >= 15 is 0 Å². The van der Waals surface area contributed by atoms with Gasteiger partial charge in [0, 0.05) is 24.6 Å². The number of hydrogen-bond donors (Lipinski definition) is 9. The number of aliphatic hydroxyl groups excluding tert-OH is 6. The quantitative estimate of drug-likeness (QED) is 0.101. The van der Waals surface area contributed by atoms with Gasteiger partial charge in [-0.25, -0.2) is 0 Å². The zero-order valence-corrected chi connectivity index (χ0v) is 23.3. The minimum Gasteiger partial charge on any atom is -0.507 e. The maximum absolute atomic E-state index is 13.9. The summed E-state index contributed by atoms with van der Waals surface area (Å²) in [6, 6.07) is 5.39. The van der Waals surface area contributed by atoms with Crippen molar-refractivity contribution in [2.45, 2.75) is 62.2 Å². The summed E-state index contributed by atoms with van der Waals surface area (Å²) in [5.74, 6) is -4.14. The monoisotopic (exact) mass is 638 g/mol. The van der Waals surface area contributed by atoms with Crippen molar-refractivity contribution in [1.29, 1.82) is 0 Å². The predicted octanol–water partition coefficient (Wildman–Crippen LogP) is -1.86. The van der Waals surface area contributed by atoms with E-state index in [4.69, 9.17) is 28.1 Å². The van der Waals surface area contributed by atoms with Gasteiger partial charge in [0.25, 0.3) is 0 Å². The number of benzene rings is 2. The standard InChI is InChI=1S/C28H30O17/c1-9(30)41-26-22(38)20(36)17(7-29)44-28(26)45-25-21(37)18-14(33)5-11(42-27-23(39)19(35)15(34)8-40-27)6-16(18)43-24(25)10-2-3-12(31)13(32)4-10/h2-6,15,17,19-20,22-23,26-29,31-36,38-39H,7-8H2,1H3/t15-,17+,19-,20-,22-,23+,26+,27-,28-/m0/s1. The molecule has 3 heterocycles. The number of aromatic hydroxyl groups is 3. The Morgan fingerprint density at radius 2 is 1.62 bits per heavy atom. The second-order valence-electron chi connectivity index (χ2n) is 10.4.